The lowest BCUT2D eigenvalue weighted by Crippen LogP contribution is -2.47. The number of aryl methyl sites for hydroxylation is 1. The summed E-state index contributed by atoms with van der Waals surface area (Å²) in [6.07, 6.45) is 1.97. The molecule has 146 valence electrons. The average Bonchev–Trinajstić information content (AvgIpc) is 2.64. The van der Waals surface area contributed by atoms with Gasteiger partial charge < -0.3 is 24.4 Å². The van der Waals surface area contributed by atoms with Crippen LogP contribution in [0.5, 0.6) is 5.75 Å². The van der Waals surface area contributed by atoms with Crippen LogP contribution in [0.3, 0.4) is 0 Å². The van der Waals surface area contributed by atoms with Crippen LogP contribution < -0.4 is 20.8 Å². The Kier molecular flexibility index (Phi) is 6.98. The maximum Gasteiger partial charge on any atom is 0.339 e. The molecule has 1 aromatic heterocycles. The number of hydrogen-bond acceptors (Lipinski definition) is 6. The molecule has 1 amide bonds. The first-order valence-corrected chi connectivity index (χ1v) is 8.97. The van der Waals surface area contributed by atoms with E-state index in [2.05, 4.69) is 5.32 Å². The fourth-order valence-corrected chi connectivity index (χ4v) is 2.95. The highest BCUT2D eigenvalue weighted by Gasteiger charge is 2.16. The number of methoxy groups -OCH3 is 1. The van der Waals surface area contributed by atoms with E-state index >= 15 is 0 Å². The summed E-state index contributed by atoms with van der Waals surface area (Å²) in [6.45, 7) is 3.73. The van der Waals surface area contributed by atoms with E-state index in [-0.39, 0.29) is 12.8 Å². The number of hydrogen-bond donors (Lipinski definition) is 1. The second kappa shape index (κ2) is 9.21. The minimum Gasteiger partial charge on any atom is -0.548 e. The van der Waals surface area contributed by atoms with Crippen LogP contribution in [0.2, 0.25) is 0 Å². The zero-order valence-electron chi connectivity index (χ0n) is 15.8. The van der Waals surface area contributed by atoms with Gasteiger partial charge in [-0.25, -0.2) is 4.79 Å². The van der Waals surface area contributed by atoms with Crippen molar-refractivity contribution in [2.75, 3.05) is 7.11 Å². The summed E-state index contributed by atoms with van der Waals surface area (Å²) >= 11 is 0. The fourth-order valence-electron chi connectivity index (χ4n) is 2.95. The Balaban J connectivity index is 2.13. The summed E-state index contributed by atoms with van der Waals surface area (Å²) in [4.78, 5) is 35.5. The van der Waals surface area contributed by atoms with Crippen LogP contribution in [-0.2, 0) is 16.0 Å². The van der Waals surface area contributed by atoms with Crippen LogP contribution in [-0.4, -0.2) is 25.0 Å². The third kappa shape index (κ3) is 5.09. The van der Waals surface area contributed by atoms with E-state index in [0.29, 0.717) is 29.7 Å². The Morgan fingerprint density at radius 1 is 1.33 bits per heavy atom. The number of unbranched alkanes of at least 4 members (excludes halogenated alkanes) is 1. The molecule has 27 heavy (non-hydrogen) atoms. The molecule has 0 aliphatic rings. The molecule has 7 heteroatoms. The molecule has 2 rings (SSSR count). The molecule has 7 nitrogen and oxygen atoms in total. The molecule has 0 radical (unpaired) electrons. The lowest BCUT2D eigenvalue weighted by atomic mass is 10.0. The molecule has 0 saturated heterocycles. The molecule has 0 aliphatic heterocycles. The van der Waals surface area contributed by atoms with E-state index in [1.54, 1.807) is 25.1 Å². The third-order valence-corrected chi connectivity index (χ3v) is 4.56. The fraction of sp³-hybridized carbons (Fsp3) is 0.450. The predicted molar refractivity (Wildman–Crippen MR) is 98.6 cm³/mol. The van der Waals surface area contributed by atoms with Crippen LogP contribution in [0.25, 0.3) is 11.0 Å². The van der Waals surface area contributed by atoms with Crippen molar-refractivity contribution in [1.82, 2.24) is 5.32 Å². The summed E-state index contributed by atoms with van der Waals surface area (Å²) in [5, 5.41) is 14.3. The number of carboxylic acid groups (broad SMARTS) is 1. The largest absolute Gasteiger partial charge is 0.548 e. The number of ether oxygens (including phenoxy) is 1. The summed E-state index contributed by atoms with van der Waals surface area (Å²) in [6, 6.07) is 4.19. The van der Waals surface area contributed by atoms with Crippen LogP contribution in [0.4, 0.5) is 0 Å². The molecule has 1 heterocycles. The molecular formula is C20H24NO6-. The standard InChI is InChI=1S/C20H25NO6/c1-4-5-6-16(19(23)24)21-18(22)10-9-15-12(2)14-8-7-13(26-3)11-17(14)27-20(15)25/h7-8,11,16H,4-6,9-10H2,1-3H3,(H,21,22)(H,23,24)/p-1/t16-/m0/s1. The molecule has 0 bridgehead atoms. The summed E-state index contributed by atoms with van der Waals surface area (Å²) < 4.78 is 10.5. The van der Waals surface area contributed by atoms with Crippen molar-refractivity contribution < 1.29 is 23.8 Å². The normalized spacial score (nSPS) is 12.0. The second-order valence-electron chi connectivity index (χ2n) is 6.44. The van der Waals surface area contributed by atoms with Gasteiger partial charge in [0.05, 0.1) is 19.1 Å². The van der Waals surface area contributed by atoms with Gasteiger partial charge in [0.2, 0.25) is 5.91 Å². The molecule has 0 unspecified atom stereocenters. The van der Waals surface area contributed by atoms with Gasteiger partial charge in [-0.15, -0.1) is 0 Å². The van der Waals surface area contributed by atoms with Crippen molar-refractivity contribution in [3.05, 3.63) is 39.7 Å². The molecule has 2 aromatic rings. The number of rotatable bonds is 9. The number of carboxylic acids is 1. The summed E-state index contributed by atoms with van der Waals surface area (Å²) in [5.74, 6) is -1.15. The summed E-state index contributed by atoms with van der Waals surface area (Å²) in [7, 11) is 1.53. The molecule has 1 aromatic carbocycles. The SMILES string of the molecule is CCCC[C@H](NC(=O)CCc1c(C)c2ccc(OC)cc2oc1=O)C(=O)[O-]. The highest BCUT2D eigenvalue weighted by Crippen LogP contribution is 2.24. The topological polar surface area (TPSA) is 109 Å². The van der Waals surface area contributed by atoms with Gasteiger partial charge in [0, 0.05) is 23.4 Å². The number of amides is 1. The lowest BCUT2D eigenvalue weighted by molar-refractivity contribution is -0.308. The number of benzene rings is 1. The molecule has 0 fully saturated rings. The van der Waals surface area contributed by atoms with Crippen LogP contribution >= 0.6 is 0 Å². The van der Waals surface area contributed by atoms with Crippen LogP contribution in [0.15, 0.2) is 27.4 Å². The van der Waals surface area contributed by atoms with Gasteiger partial charge in [0.25, 0.3) is 0 Å². The quantitative estimate of drug-likeness (QED) is 0.666. The average molecular weight is 374 g/mol. The van der Waals surface area contributed by atoms with E-state index < -0.39 is 23.5 Å². The first-order valence-electron chi connectivity index (χ1n) is 8.97. The second-order valence-corrected chi connectivity index (χ2v) is 6.44. The lowest BCUT2D eigenvalue weighted by Gasteiger charge is -2.19. The molecule has 0 aliphatic carbocycles. The maximum atomic E-state index is 12.3. The van der Waals surface area contributed by atoms with Crippen molar-refractivity contribution in [3.63, 3.8) is 0 Å². The van der Waals surface area contributed by atoms with Crippen LogP contribution in [0.1, 0.15) is 43.7 Å². The Bertz CT molecular complexity index is 886. The van der Waals surface area contributed by atoms with E-state index in [0.717, 1.165) is 17.4 Å². The molecule has 0 saturated carbocycles. The highest BCUT2D eigenvalue weighted by molar-refractivity contribution is 5.84. The molecular weight excluding hydrogens is 350 g/mol. The number of aliphatic carboxylic acids is 1. The zero-order chi connectivity index (χ0) is 20.0. The minimum atomic E-state index is -1.30. The Hall–Kier alpha value is -2.83. The zero-order valence-corrected chi connectivity index (χ0v) is 15.8. The van der Waals surface area contributed by atoms with Gasteiger partial charge in [-0.3, -0.25) is 4.79 Å². The predicted octanol–water partition coefficient (Wildman–Crippen LogP) is 1.47. The van der Waals surface area contributed by atoms with Crippen molar-refractivity contribution in [1.29, 1.82) is 0 Å². The van der Waals surface area contributed by atoms with E-state index in [1.165, 1.54) is 7.11 Å². The molecule has 1 atom stereocenters. The van der Waals surface area contributed by atoms with Crippen molar-refractivity contribution in [2.24, 2.45) is 0 Å². The van der Waals surface area contributed by atoms with Gasteiger partial charge >= 0.3 is 5.63 Å². The van der Waals surface area contributed by atoms with Gasteiger partial charge in [-0.05, 0) is 37.5 Å². The van der Waals surface area contributed by atoms with Gasteiger partial charge in [0.15, 0.2) is 0 Å². The molecule has 1 N–H and O–H groups in total. The Morgan fingerprint density at radius 3 is 2.70 bits per heavy atom. The number of fused-ring (bicyclic) bond motifs is 1. The molecule has 0 spiro atoms. The van der Waals surface area contributed by atoms with Crippen molar-refractivity contribution in [3.8, 4) is 5.75 Å². The van der Waals surface area contributed by atoms with Crippen molar-refractivity contribution in [2.45, 2.75) is 52.0 Å². The third-order valence-electron chi connectivity index (χ3n) is 4.56. The minimum absolute atomic E-state index is 0.0107. The highest BCUT2D eigenvalue weighted by atomic mass is 16.5. The number of carbonyl (C=O) groups is 2. The van der Waals surface area contributed by atoms with Gasteiger partial charge in [0.1, 0.15) is 11.3 Å². The van der Waals surface area contributed by atoms with Gasteiger partial charge in [-0.2, -0.15) is 0 Å². The van der Waals surface area contributed by atoms with Gasteiger partial charge in [-0.1, -0.05) is 19.8 Å². The van der Waals surface area contributed by atoms with E-state index in [1.807, 2.05) is 6.92 Å². The first kappa shape index (κ1) is 20.5. The summed E-state index contributed by atoms with van der Waals surface area (Å²) in [5.41, 5.74) is 1.05. The maximum absolute atomic E-state index is 12.3. The first-order chi connectivity index (χ1) is 12.9. The van der Waals surface area contributed by atoms with Crippen LogP contribution in [0, 0.1) is 6.92 Å². The van der Waals surface area contributed by atoms with E-state index in [9.17, 15) is 19.5 Å². The van der Waals surface area contributed by atoms with E-state index in [4.69, 9.17) is 9.15 Å². The smallest absolute Gasteiger partial charge is 0.339 e. The number of carbonyl (C=O) groups excluding carboxylic acids is 2. The monoisotopic (exact) mass is 374 g/mol. The Labute approximate surface area is 157 Å². The Morgan fingerprint density at radius 2 is 2.07 bits per heavy atom. The van der Waals surface area contributed by atoms with Crippen molar-refractivity contribution >= 4 is 22.8 Å². The number of nitrogens with one attached hydrogen (secondary N) is 1.